The van der Waals surface area contributed by atoms with Crippen LogP contribution in [0.2, 0.25) is 0 Å². The number of carbonyl (C=O) groups excluding carboxylic acids is 3. The van der Waals surface area contributed by atoms with E-state index in [1.54, 1.807) is 49.6 Å². The van der Waals surface area contributed by atoms with Crippen LogP contribution in [-0.2, 0) is 9.59 Å². The number of anilines is 2. The van der Waals surface area contributed by atoms with E-state index >= 15 is 0 Å². The minimum absolute atomic E-state index is 0.163. The van der Waals surface area contributed by atoms with Crippen LogP contribution in [0.25, 0.3) is 0 Å². The summed E-state index contributed by atoms with van der Waals surface area (Å²) in [7, 11) is 3.06. The third-order valence-electron chi connectivity index (χ3n) is 6.97. The zero-order valence-electron chi connectivity index (χ0n) is 17.5. The van der Waals surface area contributed by atoms with Crippen molar-refractivity contribution in [3.05, 3.63) is 48.0 Å². The SMILES string of the molecule is COc1ccc(NC(=O)c2ccccc2N2C(=O)[C@@H]3[C@@H]4CC[C@@H](C4)[C@@H]3C2=O)c(OC)c1. The predicted octanol–water partition coefficient (Wildman–Crippen LogP) is 3.49. The predicted molar refractivity (Wildman–Crippen MR) is 114 cm³/mol. The summed E-state index contributed by atoms with van der Waals surface area (Å²) < 4.78 is 10.6. The van der Waals surface area contributed by atoms with Gasteiger partial charge in [-0.25, -0.2) is 4.90 Å². The number of amides is 3. The first kappa shape index (κ1) is 19.6. The van der Waals surface area contributed by atoms with Crippen molar-refractivity contribution in [2.45, 2.75) is 19.3 Å². The van der Waals surface area contributed by atoms with Gasteiger partial charge in [0, 0.05) is 6.07 Å². The molecular formula is C24H24N2O5. The van der Waals surface area contributed by atoms with Crippen molar-refractivity contribution in [3.8, 4) is 11.5 Å². The minimum atomic E-state index is -0.417. The number of imide groups is 1. The van der Waals surface area contributed by atoms with Gasteiger partial charge in [-0.2, -0.15) is 0 Å². The first-order chi connectivity index (χ1) is 15.0. The molecule has 2 saturated carbocycles. The topological polar surface area (TPSA) is 84.9 Å². The number of hydrogen-bond acceptors (Lipinski definition) is 5. The molecule has 5 rings (SSSR count). The summed E-state index contributed by atoms with van der Waals surface area (Å²) in [6, 6.07) is 11.8. The van der Waals surface area contributed by atoms with Crippen molar-refractivity contribution in [2.75, 3.05) is 24.4 Å². The van der Waals surface area contributed by atoms with E-state index in [4.69, 9.17) is 9.47 Å². The Bertz CT molecular complexity index is 1050. The van der Waals surface area contributed by atoms with E-state index in [2.05, 4.69) is 5.32 Å². The zero-order chi connectivity index (χ0) is 21.7. The molecule has 1 aliphatic heterocycles. The number of nitrogens with one attached hydrogen (secondary N) is 1. The Kier molecular flexibility index (Phi) is 4.68. The molecule has 4 atom stereocenters. The number of rotatable bonds is 5. The van der Waals surface area contributed by atoms with E-state index in [-0.39, 0.29) is 29.2 Å². The second kappa shape index (κ2) is 7.41. The second-order valence-electron chi connectivity index (χ2n) is 8.43. The monoisotopic (exact) mass is 420 g/mol. The third-order valence-corrected chi connectivity index (χ3v) is 6.97. The van der Waals surface area contributed by atoms with Crippen molar-refractivity contribution in [3.63, 3.8) is 0 Å². The Balaban J connectivity index is 1.46. The van der Waals surface area contributed by atoms with Gasteiger partial charge in [-0.05, 0) is 55.4 Å². The Morgan fingerprint density at radius 1 is 0.968 bits per heavy atom. The molecule has 0 aromatic heterocycles. The highest BCUT2D eigenvalue weighted by Crippen LogP contribution is 2.56. The van der Waals surface area contributed by atoms with Gasteiger partial charge in [-0.1, -0.05) is 12.1 Å². The molecule has 2 aromatic rings. The highest BCUT2D eigenvalue weighted by Gasteiger charge is 2.61. The standard InChI is InChI=1S/C24H24N2O5/c1-30-15-9-10-17(19(12-15)31-2)25-22(27)16-5-3-4-6-18(16)26-23(28)20-13-7-8-14(11-13)21(20)24(26)29/h3-6,9-10,12-14,20-21H,7-8,11H2,1-2H3,(H,25,27)/t13-,14+,20-,21+. The second-order valence-corrected chi connectivity index (χ2v) is 8.43. The number of para-hydroxylation sites is 1. The molecule has 3 amide bonds. The third kappa shape index (κ3) is 2.99. The molecule has 0 unspecified atom stereocenters. The normalized spacial score (nSPS) is 26.2. The highest BCUT2D eigenvalue weighted by molar-refractivity contribution is 6.25. The Hall–Kier alpha value is -3.35. The number of carbonyl (C=O) groups is 3. The highest BCUT2D eigenvalue weighted by atomic mass is 16.5. The van der Waals surface area contributed by atoms with Crippen LogP contribution in [0.1, 0.15) is 29.6 Å². The molecule has 7 nitrogen and oxygen atoms in total. The van der Waals surface area contributed by atoms with Gasteiger partial charge < -0.3 is 14.8 Å². The lowest BCUT2D eigenvalue weighted by Gasteiger charge is -2.20. The minimum Gasteiger partial charge on any atom is -0.497 e. The van der Waals surface area contributed by atoms with Crippen LogP contribution in [0, 0.1) is 23.7 Å². The summed E-state index contributed by atoms with van der Waals surface area (Å²) in [5.41, 5.74) is 1.09. The Morgan fingerprint density at radius 2 is 1.65 bits per heavy atom. The lowest BCUT2D eigenvalue weighted by atomic mass is 9.81. The van der Waals surface area contributed by atoms with E-state index in [9.17, 15) is 14.4 Å². The van der Waals surface area contributed by atoms with Crippen molar-refractivity contribution in [1.82, 2.24) is 0 Å². The molecular weight excluding hydrogens is 396 g/mol. The summed E-state index contributed by atoms with van der Waals surface area (Å²) in [4.78, 5) is 40.9. The van der Waals surface area contributed by atoms with Gasteiger partial charge in [0.25, 0.3) is 5.91 Å². The molecule has 160 valence electrons. The summed E-state index contributed by atoms with van der Waals surface area (Å²) in [5.74, 6) is 0.429. The lowest BCUT2D eigenvalue weighted by Crippen LogP contribution is -2.34. The molecule has 2 aromatic carbocycles. The molecule has 3 fully saturated rings. The van der Waals surface area contributed by atoms with Gasteiger partial charge in [0.2, 0.25) is 11.8 Å². The first-order valence-corrected chi connectivity index (χ1v) is 10.5. The largest absolute Gasteiger partial charge is 0.497 e. The maximum atomic E-state index is 13.2. The first-order valence-electron chi connectivity index (χ1n) is 10.5. The molecule has 1 N–H and O–H groups in total. The van der Waals surface area contributed by atoms with Crippen molar-refractivity contribution < 1.29 is 23.9 Å². The number of ether oxygens (including phenoxy) is 2. The van der Waals surface area contributed by atoms with Crippen LogP contribution >= 0.6 is 0 Å². The Labute approximate surface area is 180 Å². The number of nitrogens with zero attached hydrogens (tertiary/aromatic N) is 1. The fourth-order valence-electron chi connectivity index (χ4n) is 5.60. The van der Waals surface area contributed by atoms with E-state index in [1.165, 1.54) is 12.0 Å². The molecule has 3 aliphatic rings. The van der Waals surface area contributed by atoms with Gasteiger partial charge in [0.15, 0.2) is 0 Å². The summed E-state index contributed by atoms with van der Waals surface area (Å²) in [6.45, 7) is 0. The van der Waals surface area contributed by atoms with Gasteiger partial charge >= 0.3 is 0 Å². The average Bonchev–Trinajstić information content (AvgIpc) is 3.47. The molecule has 2 aliphatic carbocycles. The maximum absolute atomic E-state index is 13.2. The van der Waals surface area contributed by atoms with E-state index in [0.29, 0.717) is 34.7 Å². The number of methoxy groups -OCH3 is 2. The zero-order valence-corrected chi connectivity index (χ0v) is 17.5. The van der Waals surface area contributed by atoms with Crippen LogP contribution < -0.4 is 19.7 Å². The van der Waals surface area contributed by atoms with Gasteiger partial charge in [-0.15, -0.1) is 0 Å². The summed E-state index contributed by atoms with van der Waals surface area (Å²) >= 11 is 0. The van der Waals surface area contributed by atoms with E-state index < -0.39 is 5.91 Å². The average molecular weight is 420 g/mol. The fourth-order valence-corrected chi connectivity index (χ4v) is 5.60. The molecule has 2 bridgehead atoms. The van der Waals surface area contributed by atoms with Crippen molar-refractivity contribution in [1.29, 1.82) is 0 Å². The van der Waals surface area contributed by atoms with Crippen LogP contribution in [-0.4, -0.2) is 31.9 Å². The summed E-state index contributed by atoms with van der Waals surface area (Å²) in [5, 5.41) is 2.83. The molecule has 1 saturated heterocycles. The van der Waals surface area contributed by atoms with Crippen LogP contribution in [0.4, 0.5) is 11.4 Å². The van der Waals surface area contributed by atoms with Crippen molar-refractivity contribution in [2.24, 2.45) is 23.7 Å². The Morgan fingerprint density at radius 3 is 2.29 bits per heavy atom. The molecule has 0 spiro atoms. The van der Waals surface area contributed by atoms with Crippen LogP contribution in [0.5, 0.6) is 11.5 Å². The quantitative estimate of drug-likeness (QED) is 0.749. The van der Waals surface area contributed by atoms with Gasteiger partial charge in [-0.3, -0.25) is 14.4 Å². The molecule has 31 heavy (non-hydrogen) atoms. The number of fused-ring (bicyclic) bond motifs is 5. The lowest BCUT2D eigenvalue weighted by molar-refractivity contribution is -0.123. The maximum Gasteiger partial charge on any atom is 0.257 e. The number of hydrogen-bond donors (Lipinski definition) is 1. The van der Waals surface area contributed by atoms with Gasteiger partial charge in [0.05, 0.1) is 43.0 Å². The molecule has 0 radical (unpaired) electrons. The van der Waals surface area contributed by atoms with Crippen LogP contribution in [0.3, 0.4) is 0 Å². The summed E-state index contributed by atoms with van der Waals surface area (Å²) in [6.07, 6.45) is 3.00. The smallest absolute Gasteiger partial charge is 0.257 e. The number of benzene rings is 2. The molecule has 1 heterocycles. The van der Waals surface area contributed by atoms with E-state index in [0.717, 1.165) is 19.3 Å². The van der Waals surface area contributed by atoms with Gasteiger partial charge in [0.1, 0.15) is 11.5 Å². The van der Waals surface area contributed by atoms with E-state index in [1.807, 2.05) is 0 Å². The fraction of sp³-hybridized carbons (Fsp3) is 0.375. The van der Waals surface area contributed by atoms with Crippen LogP contribution in [0.15, 0.2) is 42.5 Å². The van der Waals surface area contributed by atoms with Crippen molar-refractivity contribution >= 4 is 29.1 Å². The molecule has 7 heteroatoms.